The molecule has 3 heterocycles. The summed E-state index contributed by atoms with van der Waals surface area (Å²) in [6, 6.07) is 5.72. The van der Waals surface area contributed by atoms with Gasteiger partial charge < -0.3 is 5.32 Å². The second kappa shape index (κ2) is 6.05. The first kappa shape index (κ1) is 13.8. The van der Waals surface area contributed by atoms with E-state index in [1.807, 2.05) is 23.6 Å². The summed E-state index contributed by atoms with van der Waals surface area (Å²) in [5.74, 6) is 0.840. The molecule has 0 bridgehead atoms. The molecule has 1 N–H and O–H groups in total. The molecule has 21 heavy (non-hydrogen) atoms. The van der Waals surface area contributed by atoms with Gasteiger partial charge in [0.1, 0.15) is 10.6 Å². The smallest absolute Gasteiger partial charge is 0.262 e. The van der Waals surface area contributed by atoms with Gasteiger partial charge in [0.05, 0.1) is 18.3 Å². The molecule has 0 saturated heterocycles. The fraction of sp³-hybridized carbons (Fsp3) is 0.267. The number of aromatic nitrogens is 3. The van der Waals surface area contributed by atoms with Crippen molar-refractivity contribution < 1.29 is 0 Å². The molecule has 6 heteroatoms. The molecule has 0 aliphatic rings. The lowest BCUT2D eigenvalue weighted by Gasteiger charge is -2.08. The molecule has 5 nitrogen and oxygen atoms in total. The molecule has 0 saturated carbocycles. The highest BCUT2D eigenvalue weighted by Crippen LogP contribution is 2.14. The van der Waals surface area contributed by atoms with Gasteiger partial charge in [-0.3, -0.25) is 9.36 Å². The van der Waals surface area contributed by atoms with Gasteiger partial charge in [0.25, 0.3) is 5.56 Å². The Balaban J connectivity index is 1.88. The summed E-state index contributed by atoms with van der Waals surface area (Å²) in [5, 5.41) is 5.82. The van der Waals surface area contributed by atoms with Crippen LogP contribution in [0.5, 0.6) is 0 Å². The van der Waals surface area contributed by atoms with Crippen LogP contribution in [0.25, 0.3) is 10.2 Å². The van der Waals surface area contributed by atoms with E-state index in [2.05, 4.69) is 22.2 Å². The number of pyridine rings is 1. The van der Waals surface area contributed by atoms with Gasteiger partial charge in [0.2, 0.25) is 0 Å². The molecule has 0 atom stereocenters. The standard InChI is InChI=1S/C15H16N4OS/c1-2-5-16-13-8-11(3-6-17-13)9-19-10-18-14-12(15(19)20)4-7-21-14/h3-4,6-8,10H,2,5,9H2,1H3,(H,16,17). The fourth-order valence-corrected chi connectivity index (χ4v) is 2.85. The summed E-state index contributed by atoms with van der Waals surface area (Å²) in [6.45, 7) is 3.50. The first-order valence-electron chi connectivity index (χ1n) is 6.89. The van der Waals surface area contributed by atoms with E-state index in [-0.39, 0.29) is 5.56 Å². The first-order chi connectivity index (χ1) is 10.3. The van der Waals surface area contributed by atoms with Crippen molar-refractivity contribution in [2.45, 2.75) is 19.9 Å². The van der Waals surface area contributed by atoms with E-state index in [4.69, 9.17) is 0 Å². The third-order valence-electron chi connectivity index (χ3n) is 3.18. The van der Waals surface area contributed by atoms with Crippen LogP contribution < -0.4 is 10.9 Å². The second-order valence-electron chi connectivity index (χ2n) is 4.79. The van der Waals surface area contributed by atoms with Crippen LogP contribution in [-0.4, -0.2) is 21.1 Å². The predicted octanol–water partition coefficient (Wildman–Crippen LogP) is 2.72. The van der Waals surface area contributed by atoms with Crippen LogP contribution >= 0.6 is 11.3 Å². The van der Waals surface area contributed by atoms with E-state index in [1.165, 1.54) is 11.3 Å². The summed E-state index contributed by atoms with van der Waals surface area (Å²) in [7, 11) is 0. The Labute approximate surface area is 126 Å². The van der Waals surface area contributed by atoms with Crippen molar-refractivity contribution >= 4 is 27.4 Å². The van der Waals surface area contributed by atoms with E-state index in [1.54, 1.807) is 17.1 Å². The van der Waals surface area contributed by atoms with Crippen molar-refractivity contribution in [3.63, 3.8) is 0 Å². The average molecular weight is 300 g/mol. The molecule has 0 radical (unpaired) electrons. The lowest BCUT2D eigenvalue weighted by atomic mass is 10.2. The lowest BCUT2D eigenvalue weighted by Crippen LogP contribution is -2.20. The number of rotatable bonds is 5. The topological polar surface area (TPSA) is 59.8 Å². The zero-order valence-electron chi connectivity index (χ0n) is 11.7. The highest BCUT2D eigenvalue weighted by Gasteiger charge is 2.06. The van der Waals surface area contributed by atoms with Crippen molar-refractivity contribution in [1.82, 2.24) is 14.5 Å². The maximum atomic E-state index is 12.3. The van der Waals surface area contributed by atoms with Gasteiger partial charge in [-0.05, 0) is 35.6 Å². The number of anilines is 1. The number of hydrogen-bond acceptors (Lipinski definition) is 5. The normalized spacial score (nSPS) is 10.9. The van der Waals surface area contributed by atoms with Crippen molar-refractivity contribution in [2.24, 2.45) is 0 Å². The minimum Gasteiger partial charge on any atom is -0.370 e. The predicted molar refractivity (Wildman–Crippen MR) is 86.0 cm³/mol. The Morgan fingerprint density at radius 1 is 1.33 bits per heavy atom. The maximum absolute atomic E-state index is 12.3. The van der Waals surface area contributed by atoms with Gasteiger partial charge in [-0.2, -0.15) is 0 Å². The number of nitrogens with zero attached hydrogens (tertiary/aromatic N) is 3. The monoisotopic (exact) mass is 300 g/mol. The summed E-state index contributed by atoms with van der Waals surface area (Å²) >= 11 is 1.48. The first-order valence-corrected chi connectivity index (χ1v) is 7.77. The van der Waals surface area contributed by atoms with Gasteiger partial charge >= 0.3 is 0 Å². The molecule has 3 aromatic heterocycles. The van der Waals surface area contributed by atoms with Crippen LogP contribution in [-0.2, 0) is 6.54 Å². The Bertz CT molecular complexity index is 809. The average Bonchev–Trinajstić information content (AvgIpc) is 2.98. The van der Waals surface area contributed by atoms with Crippen molar-refractivity contribution in [3.05, 3.63) is 52.0 Å². The minimum absolute atomic E-state index is 0.00105. The Kier molecular flexibility index (Phi) is 3.96. The summed E-state index contributed by atoms with van der Waals surface area (Å²) in [4.78, 5) is 21.7. The molecule has 3 rings (SSSR count). The zero-order valence-corrected chi connectivity index (χ0v) is 12.6. The Morgan fingerprint density at radius 3 is 3.10 bits per heavy atom. The molecule has 0 amide bonds. The quantitative estimate of drug-likeness (QED) is 0.787. The molecule has 0 aliphatic heterocycles. The summed E-state index contributed by atoms with van der Waals surface area (Å²) < 4.78 is 1.63. The second-order valence-corrected chi connectivity index (χ2v) is 5.69. The van der Waals surface area contributed by atoms with Gasteiger partial charge in [0, 0.05) is 12.7 Å². The molecule has 0 spiro atoms. The highest BCUT2D eigenvalue weighted by atomic mass is 32.1. The van der Waals surface area contributed by atoms with Gasteiger partial charge in [-0.1, -0.05) is 6.92 Å². The third kappa shape index (κ3) is 2.95. The number of nitrogens with one attached hydrogen (secondary N) is 1. The zero-order chi connectivity index (χ0) is 14.7. The van der Waals surface area contributed by atoms with Gasteiger partial charge in [0.15, 0.2) is 0 Å². The molecule has 0 aliphatic carbocycles. The molecule has 108 valence electrons. The van der Waals surface area contributed by atoms with Crippen molar-refractivity contribution in [1.29, 1.82) is 0 Å². The molecular weight excluding hydrogens is 284 g/mol. The van der Waals surface area contributed by atoms with Crippen LogP contribution in [0.1, 0.15) is 18.9 Å². The van der Waals surface area contributed by atoms with E-state index in [9.17, 15) is 4.79 Å². The number of thiophene rings is 1. The van der Waals surface area contributed by atoms with Crippen LogP contribution in [0, 0.1) is 0 Å². The number of hydrogen-bond donors (Lipinski definition) is 1. The minimum atomic E-state index is 0.00105. The van der Waals surface area contributed by atoms with Crippen LogP contribution in [0.15, 0.2) is 40.9 Å². The van der Waals surface area contributed by atoms with Gasteiger partial charge in [-0.15, -0.1) is 11.3 Å². The SMILES string of the molecule is CCCNc1cc(Cn2cnc3sccc3c2=O)ccn1. The van der Waals surface area contributed by atoms with Crippen molar-refractivity contribution in [2.75, 3.05) is 11.9 Å². The van der Waals surface area contributed by atoms with E-state index in [0.29, 0.717) is 11.9 Å². The summed E-state index contributed by atoms with van der Waals surface area (Å²) in [6.07, 6.45) is 4.42. The van der Waals surface area contributed by atoms with Crippen LogP contribution in [0.2, 0.25) is 0 Å². The molecule has 0 unspecified atom stereocenters. The van der Waals surface area contributed by atoms with E-state index < -0.39 is 0 Å². The molecule has 3 aromatic rings. The van der Waals surface area contributed by atoms with Crippen LogP contribution in [0.3, 0.4) is 0 Å². The van der Waals surface area contributed by atoms with Gasteiger partial charge in [-0.25, -0.2) is 9.97 Å². The van der Waals surface area contributed by atoms with E-state index >= 15 is 0 Å². The number of fused-ring (bicyclic) bond motifs is 1. The maximum Gasteiger partial charge on any atom is 0.262 e. The summed E-state index contributed by atoms with van der Waals surface area (Å²) in [5.41, 5.74) is 1.03. The fourth-order valence-electron chi connectivity index (χ4n) is 2.13. The van der Waals surface area contributed by atoms with E-state index in [0.717, 1.165) is 29.2 Å². The largest absolute Gasteiger partial charge is 0.370 e. The third-order valence-corrected chi connectivity index (χ3v) is 4.00. The van der Waals surface area contributed by atoms with Crippen molar-refractivity contribution in [3.8, 4) is 0 Å². The molecule has 0 aromatic carbocycles. The highest BCUT2D eigenvalue weighted by molar-refractivity contribution is 7.16. The Hall–Kier alpha value is -2.21. The Morgan fingerprint density at radius 2 is 2.24 bits per heavy atom. The molecular formula is C15H16N4OS. The lowest BCUT2D eigenvalue weighted by molar-refractivity contribution is 0.748. The van der Waals surface area contributed by atoms with Crippen LogP contribution in [0.4, 0.5) is 5.82 Å². The molecule has 0 fully saturated rings.